The largest absolute Gasteiger partial charge is 0.460 e. The second kappa shape index (κ2) is 10.6. The van der Waals surface area contributed by atoms with Crippen LogP contribution in [-0.2, 0) is 19.6 Å². The Hall–Kier alpha value is -1.87. The summed E-state index contributed by atoms with van der Waals surface area (Å²) in [6.45, 7) is 5.12. The van der Waals surface area contributed by atoms with Gasteiger partial charge in [0.1, 0.15) is 0 Å². The maximum Gasteiger partial charge on any atom is 0.374 e. The van der Waals surface area contributed by atoms with Gasteiger partial charge in [0.25, 0.3) is 10.0 Å². The highest BCUT2D eigenvalue weighted by Crippen LogP contribution is 2.21. The van der Waals surface area contributed by atoms with Crippen LogP contribution < -0.4 is 0 Å². The van der Waals surface area contributed by atoms with Gasteiger partial charge in [-0.15, -0.1) is 0 Å². The van der Waals surface area contributed by atoms with E-state index in [2.05, 4.69) is 6.92 Å². The number of carbonyl (C=O) groups is 2. The highest BCUT2D eigenvalue weighted by Gasteiger charge is 2.32. The summed E-state index contributed by atoms with van der Waals surface area (Å²) in [5.74, 6) is -0.758. The van der Waals surface area contributed by atoms with E-state index in [1.54, 1.807) is 11.8 Å². The molecular formula is C19H30N2O6S. The Balaban J connectivity index is 1.86. The first kappa shape index (κ1) is 22.4. The molecule has 1 aromatic heterocycles. The van der Waals surface area contributed by atoms with E-state index in [1.807, 2.05) is 0 Å². The van der Waals surface area contributed by atoms with Crippen molar-refractivity contribution in [1.29, 1.82) is 0 Å². The van der Waals surface area contributed by atoms with Crippen LogP contribution >= 0.6 is 0 Å². The summed E-state index contributed by atoms with van der Waals surface area (Å²) in [4.78, 5) is 25.7. The lowest BCUT2D eigenvalue weighted by Gasteiger charge is -2.33. The number of ether oxygens (including phenoxy) is 1. The zero-order valence-corrected chi connectivity index (χ0v) is 17.5. The number of unbranched alkanes of at least 4 members (excludes halogenated alkanes) is 4. The fraction of sp³-hybridized carbons (Fsp3) is 0.684. The molecule has 0 saturated carbocycles. The van der Waals surface area contributed by atoms with E-state index in [1.165, 1.54) is 29.3 Å². The predicted molar refractivity (Wildman–Crippen MR) is 103 cm³/mol. The van der Waals surface area contributed by atoms with Crippen molar-refractivity contribution in [2.45, 2.75) is 57.5 Å². The number of hydrogen-bond donors (Lipinski definition) is 0. The molecule has 28 heavy (non-hydrogen) atoms. The molecule has 0 spiro atoms. The normalized spacial score (nSPS) is 15.6. The standard InChI is InChI=1S/C19H30N2O6S/c1-3-5-6-7-8-9-17(22)20-12-14-21(15-13-20)28(24,25)18-11-10-16(27-18)19(23)26-4-2/h10-11H,3-9,12-15H2,1-2H3. The van der Waals surface area contributed by atoms with Gasteiger partial charge in [-0.05, 0) is 25.5 Å². The first-order valence-corrected chi connectivity index (χ1v) is 11.4. The van der Waals surface area contributed by atoms with Crippen LogP contribution in [0.4, 0.5) is 0 Å². The van der Waals surface area contributed by atoms with Crippen molar-refractivity contribution in [2.75, 3.05) is 32.8 Å². The van der Waals surface area contributed by atoms with Gasteiger partial charge < -0.3 is 14.1 Å². The second-order valence-corrected chi connectivity index (χ2v) is 8.66. The summed E-state index contributed by atoms with van der Waals surface area (Å²) < 4.78 is 36.7. The van der Waals surface area contributed by atoms with Crippen LogP contribution in [0.15, 0.2) is 21.6 Å². The Morgan fingerprint density at radius 2 is 1.71 bits per heavy atom. The van der Waals surface area contributed by atoms with Crippen LogP contribution in [0, 0.1) is 0 Å². The number of hydrogen-bond acceptors (Lipinski definition) is 6. The molecule has 9 heteroatoms. The van der Waals surface area contributed by atoms with Gasteiger partial charge in [0.05, 0.1) is 6.61 Å². The SMILES string of the molecule is CCCCCCCC(=O)N1CCN(S(=O)(=O)c2ccc(C(=O)OCC)o2)CC1. The van der Waals surface area contributed by atoms with E-state index in [-0.39, 0.29) is 36.5 Å². The van der Waals surface area contributed by atoms with Crippen LogP contribution in [-0.4, -0.2) is 62.3 Å². The zero-order valence-electron chi connectivity index (χ0n) is 16.7. The molecule has 1 amide bonds. The minimum Gasteiger partial charge on any atom is -0.460 e. The molecule has 0 N–H and O–H groups in total. The third kappa shape index (κ3) is 5.81. The molecule has 1 aliphatic heterocycles. The zero-order chi connectivity index (χ0) is 20.6. The van der Waals surface area contributed by atoms with E-state index in [9.17, 15) is 18.0 Å². The Bertz CT molecular complexity index is 750. The number of carbonyl (C=O) groups excluding carboxylic acids is 2. The summed E-state index contributed by atoms with van der Waals surface area (Å²) in [5.41, 5.74) is 0. The molecule has 1 saturated heterocycles. The Kier molecular flexibility index (Phi) is 8.50. The van der Waals surface area contributed by atoms with Crippen molar-refractivity contribution < 1.29 is 27.2 Å². The summed E-state index contributed by atoms with van der Waals surface area (Å²) in [6, 6.07) is 2.55. The van der Waals surface area contributed by atoms with Crippen LogP contribution in [0.25, 0.3) is 0 Å². The number of nitrogens with zero attached hydrogens (tertiary/aromatic N) is 2. The van der Waals surface area contributed by atoms with Gasteiger partial charge in [0.2, 0.25) is 16.8 Å². The molecule has 0 unspecified atom stereocenters. The maximum absolute atomic E-state index is 12.7. The molecule has 1 aromatic rings. The lowest BCUT2D eigenvalue weighted by Crippen LogP contribution is -2.50. The van der Waals surface area contributed by atoms with Gasteiger partial charge in [-0.25, -0.2) is 13.2 Å². The van der Waals surface area contributed by atoms with Gasteiger partial charge >= 0.3 is 5.97 Å². The number of amides is 1. The number of esters is 1. The van der Waals surface area contributed by atoms with Gasteiger partial charge in [0, 0.05) is 32.6 Å². The number of sulfonamides is 1. The predicted octanol–water partition coefficient (Wildman–Crippen LogP) is 2.65. The summed E-state index contributed by atoms with van der Waals surface area (Å²) >= 11 is 0. The van der Waals surface area contributed by atoms with Crippen LogP contribution in [0.1, 0.15) is 62.9 Å². The van der Waals surface area contributed by atoms with E-state index in [0.29, 0.717) is 19.5 Å². The van der Waals surface area contributed by atoms with Crippen LogP contribution in [0.3, 0.4) is 0 Å². The Morgan fingerprint density at radius 3 is 2.36 bits per heavy atom. The van der Waals surface area contributed by atoms with Crippen LogP contribution in [0.5, 0.6) is 0 Å². The van der Waals surface area contributed by atoms with Gasteiger partial charge in [0.15, 0.2) is 0 Å². The molecule has 0 aromatic carbocycles. The fourth-order valence-corrected chi connectivity index (χ4v) is 4.45. The highest BCUT2D eigenvalue weighted by atomic mass is 32.2. The Morgan fingerprint density at radius 1 is 1.04 bits per heavy atom. The van der Waals surface area contributed by atoms with Crippen molar-refractivity contribution in [3.05, 3.63) is 17.9 Å². The average Bonchev–Trinajstić information content (AvgIpc) is 3.19. The molecule has 0 atom stereocenters. The van der Waals surface area contributed by atoms with Crippen molar-refractivity contribution in [3.8, 4) is 0 Å². The molecule has 8 nitrogen and oxygen atoms in total. The third-order valence-electron chi connectivity index (χ3n) is 4.74. The molecule has 0 radical (unpaired) electrons. The lowest BCUT2D eigenvalue weighted by molar-refractivity contribution is -0.132. The summed E-state index contributed by atoms with van der Waals surface area (Å²) in [7, 11) is -3.85. The average molecular weight is 415 g/mol. The maximum atomic E-state index is 12.7. The molecule has 2 heterocycles. The summed E-state index contributed by atoms with van der Waals surface area (Å²) in [5, 5.41) is -0.286. The van der Waals surface area contributed by atoms with Crippen LogP contribution in [0.2, 0.25) is 0 Å². The quantitative estimate of drug-likeness (QED) is 0.431. The lowest BCUT2D eigenvalue weighted by atomic mass is 10.1. The molecule has 1 aliphatic rings. The molecule has 2 rings (SSSR count). The third-order valence-corrected chi connectivity index (χ3v) is 6.51. The minimum atomic E-state index is -3.85. The molecule has 0 aliphatic carbocycles. The summed E-state index contributed by atoms with van der Waals surface area (Å²) in [6.07, 6.45) is 5.94. The fourth-order valence-electron chi connectivity index (χ4n) is 3.11. The molecule has 158 valence electrons. The van der Waals surface area contributed by atoms with E-state index >= 15 is 0 Å². The number of piperazine rings is 1. The Labute approximate surface area is 166 Å². The van der Waals surface area contributed by atoms with Gasteiger partial charge in [-0.3, -0.25) is 4.79 Å². The molecule has 1 fully saturated rings. The van der Waals surface area contributed by atoms with Crippen molar-refractivity contribution in [1.82, 2.24) is 9.21 Å². The number of rotatable bonds is 10. The van der Waals surface area contributed by atoms with Gasteiger partial charge in [-0.1, -0.05) is 32.6 Å². The van der Waals surface area contributed by atoms with Crippen molar-refractivity contribution >= 4 is 21.9 Å². The second-order valence-electron chi connectivity index (χ2n) is 6.79. The first-order chi connectivity index (χ1) is 13.4. The smallest absolute Gasteiger partial charge is 0.374 e. The molecular weight excluding hydrogens is 384 g/mol. The van der Waals surface area contributed by atoms with E-state index < -0.39 is 16.0 Å². The van der Waals surface area contributed by atoms with Gasteiger partial charge in [-0.2, -0.15) is 4.31 Å². The van der Waals surface area contributed by atoms with Crippen molar-refractivity contribution in [3.63, 3.8) is 0 Å². The highest BCUT2D eigenvalue weighted by molar-refractivity contribution is 7.89. The molecule has 0 bridgehead atoms. The number of furan rings is 1. The van der Waals surface area contributed by atoms with Crippen molar-refractivity contribution in [2.24, 2.45) is 0 Å². The minimum absolute atomic E-state index is 0.0798. The van der Waals surface area contributed by atoms with E-state index in [4.69, 9.17) is 9.15 Å². The first-order valence-electron chi connectivity index (χ1n) is 9.95. The van der Waals surface area contributed by atoms with E-state index in [0.717, 1.165) is 19.3 Å². The topological polar surface area (TPSA) is 97.1 Å². The monoisotopic (exact) mass is 414 g/mol.